The molecule has 0 amide bonds. The molecule has 2 heteroatoms. The topological polar surface area (TPSA) is 8.17 Å². The first-order valence-electron chi connectivity index (χ1n) is 26.8. The van der Waals surface area contributed by atoms with Crippen LogP contribution in [0.2, 0.25) is 0 Å². The maximum atomic E-state index is 4.47. The fraction of sp³-hybridized carbons (Fsp3) is 0.0400. The van der Waals surface area contributed by atoms with Gasteiger partial charge in [0.25, 0.3) is 0 Å². The summed E-state index contributed by atoms with van der Waals surface area (Å²) in [5, 5.41) is 2.51. The minimum atomic E-state index is -0.541. The molecule has 2 nitrogen and oxygen atoms in total. The predicted molar refractivity (Wildman–Crippen MR) is 322 cm³/mol. The van der Waals surface area contributed by atoms with E-state index in [0.717, 1.165) is 33.9 Å². The third-order valence-corrected chi connectivity index (χ3v) is 17.0. The zero-order valence-corrected chi connectivity index (χ0v) is 42.7. The number of aromatic nitrogens is 1. The van der Waals surface area contributed by atoms with E-state index in [-0.39, 0.29) is 0 Å². The molecule has 15 rings (SSSR count). The molecule has 1 heterocycles. The second-order valence-electron chi connectivity index (χ2n) is 20.7. The predicted octanol–water partition coefficient (Wildman–Crippen LogP) is 19.1. The standard InChI is InChI=1S/C75H52N2/c1-3-21-66-58(4-2)63-47-46-57(49-71(63)75(66)69-34-16-10-28-61(69)62-29-11-17-35-70(62)75)76(54-42-38-50(39-43-54)51-22-20-25-56(48-51)77-72-36-18-12-30-64(72)65-31-13-19-37-73(65)77)55-44-40-53(41-45-55)74(52-23-6-5-7-24-52)67-32-14-8-26-59(67)60-27-9-15-33-68(60)74/h3-49H,2H2,1H3/b21-3-. The number of hydrogen-bond donors (Lipinski definition) is 0. The Morgan fingerprint density at radius 2 is 0.857 bits per heavy atom. The molecule has 3 aliphatic carbocycles. The highest BCUT2D eigenvalue weighted by Gasteiger charge is 2.52. The summed E-state index contributed by atoms with van der Waals surface area (Å²) >= 11 is 0. The smallest absolute Gasteiger partial charge is 0.0726 e. The maximum Gasteiger partial charge on any atom is 0.0726 e. The van der Waals surface area contributed by atoms with Gasteiger partial charge < -0.3 is 9.47 Å². The van der Waals surface area contributed by atoms with Crippen LogP contribution in [0.15, 0.2) is 297 Å². The maximum absolute atomic E-state index is 4.47. The van der Waals surface area contributed by atoms with Crippen molar-refractivity contribution in [1.82, 2.24) is 4.57 Å². The van der Waals surface area contributed by atoms with Crippen molar-refractivity contribution in [3.63, 3.8) is 0 Å². The van der Waals surface area contributed by atoms with Crippen LogP contribution in [0.25, 0.3) is 66.4 Å². The zero-order chi connectivity index (χ0) is 51.2. The van der Waals surface area contributed by atoms with Crippen LogP contribution in [0.1, 0.15) is 51.4 Å². The molecule has 0 radical (unpaired) electrons. The Bertz CT molecular complexity index is 4270. The van der Waals surface area contributed by atoms with Crippen molar-refractivity contribution in [3.05, 3.63) is 342 Å². The number of benzene rings is 11. The van der Waals surface area contributed by atoms with Crippen LogP contribution in [-0.2, 0) is 10.8 Å². The summed E-state index contributed by atoms with van der Waals surface area (Å²) in [6.07, 6.45) is 6.58. The van der Waals surface area contributed by atoms with Gasteiger partial charge in [0.05, 0.1) is 21.9 Å². The summed E-state index contributed by atoms with van der Waals surface area (Å²) in [5.41, 5.74) is 25.7. The summed E-state index contributed by atoms with van der Waals surface area (Å²) in [4.78, 5) is 2.45. The molecule has 0 fully saturated rings. The second kappa shape index (κ2) is 17.4. The molecule has 1 aromatic heterocycles. The molecule has 77 heavy (non-hydrogen) atoms. The van der Waals surface area contributed by atoms with E-state index in [4.69, 9.17) is 0 Å². The fourth-order valence-electron chi connectivity index (χ4n) is 14.0. The molecule has 0 unspecified atom stereocenters. The van der Waals surface area contributed by atoms with Crippen LogP contribution in [0, 0.1) is 0 Å². The summed E-state index contributed by atoms with van der Waals surface area (Å²) in [7, 11) is 0. The van der Waals surface area contributed by atoms with Gasteiger partial charge >= 0.3 is 0 Å². The third-order valence-electron chi connectivity index (χ3n) is 17.0. The quantitative estimate of drug-likeness (QED) is 0.140. The lowest BCUT2D eigenvalue weighted by molar-refractivity contribution is 0.768. The van der Waals surface area contributed by atoms with E-state index in [0.29, 0.717) is 0 Å². The molecule has 12 aromatic rings. The van der Waals surface area contributed by atoms with E-state index < -0.39 is 10.8 Å². The molecular formula is C75H52N2. The van der Waals surface area contributed by atoms with Crippen LogP contribution in [0.4, 0.5) is 17.1 Å². The SMILES string of the molecule is C=CC1=C(/C=C\C)C2(c3cc(N(c4ccc(-c5cccc(-n6c7ccccc7c7ccccc76)c5)cc4)c4ccc(C5(c6ccccc6)c6ccccc6-c6ccccc65)cc4)ccc31)c1ccccc1-c1ccccc12. The summed E-state index contributed by atoms with van der Waals surface area (Å²) < 4.78 is 2.40. The average Bonchev–Trinajstić information content (AvgIpc) is 4.30. The van der Waals surface area contributed by atoms with Gasteiger partial charge in [-0.3, -0.25) is 0 Å². The Kier molecular flexibility index (Phi) is 10.1. The molecule has 3 aliphatic rings. The van der Waals surface area contributed by atoms with Crippen LogP contribution >= 0.6 is 0 Å². The lowest BCUT2D eigenvalue weighted by Gasteiger charge is -2.35. The third kappa shape index (κ3) is 6.30. The van der Waals surface area contributed by atoms with Gasteiger partial charge in [0.2, 0.25) is 0 Å². The number of para-hydroxylation sites is 2. The molecule has 0 saturated carbocycles. The van der Waals surface area contributed by atoms with Gasteiger partial charge in [-0.05, 0) is 157 Å². The van der Waals surface area contributed by atoms with Gasteiger partial charge in [-0.2, -0.15) is 0 Å². The Morgan fingerprint density at radius 3 is 1.42 bits per heavy atom. The van der Waals surface area contributed by atoms with Crippen LogP contribution in [-0.4, -0.2) is 4.57 Å². The van der Waals surface area contributed by atoms with Crippen molar-refractivity contribution in [2.24, 2.45) is 0 Å². The van der Waals surface area contributed by atoms with E-state index in [9.17, 15) is 0 Å². The van der Waals surface area contributed by atoms with Gasteiger partial charge in [-0.25, -0.2) is 0 Å². The number of hydrogen-bond acceptors (Lipinski definition) is 1. The minimum Gasteiger partial charge on any atom is -0.310 e. The molecule has 0 N–H and O–H groups in total. The van der Waals surface area contributed by atoms with Crippen molar-refractivity contribution in [2.75, 3.05) is 4.90 Å². The number of rotatable bonds is 9. The number of allylic oxidation sites excluding steroid dienone is 5. The van der Waals surface area contributed by atoms with E-state index in [1.807, 2.05) is 0 Å². The second-order valence-corrected chi connectivity index (χ2v) is 20.7. The monoisotopic (exact) mass is 980 g/mol. The molecule has 0 atom stereocenters. The average molecular weight is 981 g/mol. The van der Waals surface area contributed by atoms with E-state index >= 15 is 0 Å². The zero-order valence-electron chi connectivity index (χ0n) is 42.7. The van der Waals surface area contributed by atoms with Gasteiger partial charge in [0.1, 0.15) is 0 Å². The summed E-state index contributed by atoms with van der Waals surface area (Å²) in [5.74, 6) is 0. The highest BCUT2D eigenvalue weighted by atomic mass is 15.1. The Labute approximate surface area is 450 Å². The van der Waals surface area contributed by atoms with Crippen LogP contribution in [0.5, 0.6) is 0 Å². The van der Waals surface area contributed by atoms with Gasteiger partial charge in [-0.1, -0.05) is 231 Å². The first kappa shape index (κ1) is 44.7. The Morgan fingerprint density at radius 1 is 0.377 bits per heavy atom. The Hall–Kier alpha value is -9.76. The van der Waals surface area contributed by atoms with E-state index in [1.165, 1.54) is 99.7 Å². The van der Waals surface area contributed by atoms with Crippen molar-refractivity contribution >= 4 is 44.4 Å². The van der Waals surface area contributed by atoms with Crippen molar-refractivity contribution in [1.29, 1.82) is 0 Å². The highest BCUT2D eigenvalue weighted by molar-refractivity contribution is 6.09. The van der Waals surface area contributed by atoms with Crippen molar-refractivity contribution in [3.8, 4) is 39.1 Å². The number of nitrogens with zero attached hydrogens (tertiary/aromatic N) is 2. The molecule has 362 valence electrons. The molecule has 0 aliphatic heterocycles. The molecular weight excluding hydrogens is 929 g/mol. The fourth-order valence-corrected chi connectivity index (χ4v) is 14.0. The summed E-state index contributed by atoms with van der Waals surface area (Å²) in [6.45, 7) is 6.59. The molecule has 0 bridgehead atoms. The molecule has 11 aromatic carbocycles. The largest absolute Gasteiger partial charge is 0.310 e. The Balaban J connectivity index is 0.915. The number of fused-ring (bicyclic) bond motifs is 13. The van der Waals surface area contributed by atoms with Crippen LogP contribution in [0.3, 0.4) is 0 Å². The van der Waals surface area contributed by atoms with Gasteiger partial charge in [0, 0.05) is 33.5 Å². The van der Waals surface area contributed by atoms with E-state index in [1.54, 1.807) is 0 Å². The van der Waals surface area contributed by atoms with Crippen LogP contribution < -0.4 is 4.90 Å². The normalized spacial score (nSPS) is 14.2. The van der Waals surface area contributed by atoms with E-state index in [2.05, 4.69) is 308 Å². The van der Waals surface area contributed by atoms with Gasteiger partial charge in [-0.15, -0.1) is 0 Å². The molecule has 1 spiro atoms. The minimum absolute atomic E-state index is 0.508. The lowest BCUT2D eigenvalue weighted by atomic mass is 9.67. The molecule has 0 saturated heterocycles. The van der Waals surface area contributed by atoms with Crippen molar-refractivity contribution < 1.29 is 0 Å². The lowest BCUT2D eigenvalue weighted by Crippen LogP contribution is -2.28. The van der Waals surface area contributed by atoms with Crippen molar-refractivity contribution in [2.45, 2.75) is 17.8 Å². The van der Waals surface area contributed by atoms with Gasteiger partial charge in [0.15, 0.2) is 0 Å². The first-order chi connectivity index (χ1) is 38.1. The number of anilines is 3. The summed E-state index contributed by atoms with van der Waals surface area (Å²) in [6, 6.07) is 99.2. The first-order valence-corrected chi connectivity index (χ1v) is 26.8. The highest BCUT2D eigenvalue weighted by Crippen LogP contribution is 2.63.